The van der Waals surface area contributed by atoms with E-state index in [0.717, 1.165) is 6.08 Å². The average Bonchev–Trinajstić information content (AvgIpc) is 1.85. The van der Waals surface area contributed by atoms with Gasteiger partial charge in [-0.3, -0.25) is 0 Å². The van der Waals surface area contributed by atoms with Gasteiger partial charge in [0, 0.05) is 6.08 Å². The SMILES string of the molecule is C=CC(=O)OC[Si][Si](Cl)(Cl)Cl. The molecule has 0 bridgehead atoms. The van der Waals surface area contributed by atoms with Crippen LogP contribution in [0.4, 0.5) is 0 Å². The van der Waals surface area contributed by atoms with Gasteiger partial charge in [0.2, 0.25) is 0 Å². The van der Waals surface area contributed by atoms with Crippen molar-refractivity contribution in [2.75, 3.05) is 6.23 Å². The molecule has 0 amide bonds. The van der Waals surface area contributed by atoms with E-state index in [1.807, 2.05) is 0 Å². The van der Waals surface area contributed by atoms with Crippen molar-refractivity contribution in [2.45, 2.75) is 0 Å². The minimum absolute atomic E-state index is 0.0817. The van der Waals surface area contributed by atoms with Gasteiger partial charge in [0.25, 0.3) is 0 Å². The topological polar surface area (TPSA) is 26.3 Å². The van der Waals surface area contributed by atoms with E-state index in [2.05, 4.69) is 11.3 Å². The highest BCUT2D eigenvalue weighted by Gasteiger charge is 2.25. The second kappa shape index (κ2) is 5.21. The molecule has 2 radical (unpaired) electrons. The standard InChI is InChI=1S/C4H5Cl3O2Si2/c1-2-4(8)9-3-10-11(5,6)7/h2H,1,3H2. The van der Waals surface area contributed by atoms with Crippen molar-refractivity contribution in [2.24, 2.45) is 0 Å². The van der Waals surface area contributed by atoms with E-state index in [1.54, 1.807) is 0 Å². The van der Waals surface area contributed by atoms with Crippen molar-refractivity contribution in [3.05, 3.63) is 12.7 Å². The monoisotopic (exact) mass is 246 g/mol. The first kappa shape index (κ1) is 11.5. The average molecular weight is 248 g/mol. The van der Waals surface area contributed by atoms with Gasteiger partial charge in [-0.15, -0.1) is 33.2 Å². The third kappa shape index (κ3) is 8.42. The normalized spacial score (nSPS) is 10.8. The Morgan fingerprint density at radius 2 is 2.18 bits per heavy atom. The summed E-state index contributed by atoms with van der Waals surface area (Å²) in [4.78, 5) is 10.4. The van der Waals surface area contributed by atoms with Gasteiger partial charge in [0.05, 0.1) is 6.23 Å². The summed E-state index contributed by atoms with van der Waals surface area (Å²) in [5, 5.41) is 0. The van der Waals surface area contributed by atoms with Crippen LogP contribution in [0.15, 0.2) is 12.7 Å². The second-order valence-electron chi connectivity index (χ2n) is 1.49. The van der Waals surface area contributed by atoms with E-state index in [0.29, 0.717) is 0 Å². The zero-order valence-electron chi connectivity index (χ0n) is 5.44. The maximum atomic E-state index is 10.4. The molecule has 0 saturated carbocycles. The molecule has 0 saturated heterocycles. The fraction of sp³-hybridized carbons (Fsp3) is 0.250. The van der Waals surface area contributed by atoms with E-state index in [4.69, 9.17) is 33.2 Å². The van der Waals surface area contributed by atoms with Crippen molar-refractivity contribution in [1.29, 1.82) is 0 Å². The summed E-state index contributed by atoms with van der Waals surface area (Å²) in [7, 11) is 0.0817. The molecular formula is C4H5Cl3O2Si2. The Balaban J connectivity index is 3.42. The van der Waals surface area contributed by atoms with Crippen LogP contribution in [-0.4, -0.2) is 26.8 Å². The van der Waals surface area contributed by atoms with E-state index >= 15 is 0 Å². The lowest BCUT2D eigenvalue weighted by atomic mass is 10.7. The molecule has 0 spiro atoms. The molecule has 0 aliphatic carbocycles. The van der Waals surface area contributed by atoms with Crippen molar-refractivity contribution in [3.63, 3.8) is 0 Å². The Labute approximate surface area is 82.2 Å². The maximum absolute atomic E-state index is 10.4. The zero-order valence-corrected chi connectivity index (χ0v) is 9.71. The molecule has 2 nitrogen and oxygen atoms in total. The molecule has 0 unspecified atom stereocenters. The zero-order chi connectivity index (χ0) is 8.91. The molecule has 7 heteroatoms. The molecule has 62 valence electrons. The lowest BCUT2D eigenvalue weighted by Crippen LogP contribution is -2.26. The molecule has 0 fully saturated rings. The first-order valence-corrected chi connectivity index (χ1v) is 9.81. The summed E-state index contributed by atoms with van der Waals surface area (Å²) in [6.45, 7) is 3.22. The Bertz CT molecular complexity index is 156. The molecule has 0 aromatic rings. The molecule has 0 aromatic carbocycles. The molecule has 11 heavy (non-hydrogen) atoms. The van der Waals surface area contributed by atoms with Gasteiger partial charge < -0.3 is 4.74 Å². The van der Waals surface area contributed by atoms with E-state index in [1.165, 1.54) is 0 Å². The van der Waals surface area contributed by atoms with Gasteiger partial charge in [0.15, 0.2) is 0 Å². The molecule has 0 N–H and O–H groups in total. The fourth-order valence-electron chi connectivity index (χ4n) is 0.248. The molecule has 0 atom stereocenters. The predicted molar refractivity (Wildman–Crippen MR) is 50.2 cm³/mol. The molecular weight excluding hydrogens is 243 g/mol. The number of esters is 1. The third-order valence-electron chi connectivity index (χ3n) is 0.654. The largest absolute Gasteiger partial charge is 0.467 e. The Morgan fingerprint density at radius 1 is 1.64 bits per heavy atom. The highest BCUT2D eigenvalue weighted by Crippen LogP contribution is 2.17. The smallest absolute Gasteiger partial charge is 0.329 e. The number of carbonyl (C=O) groups excluding carboxylic acids is 1. The Hall–Kier alpha value is 0.514. The minimum Gasteiger partial charge on any atom is -0.467 e. The maximum Gasteiger partial charge on any atom is 0.329 e. The second-order valence-corrected chi connectivity index (χ2v) is 16.1. The van der Waals surface area contributed by atoms with Crippen molar-refractivity contribution < 1.29 is 9.53 Å². The number of halogens is 3. The van der Waals surface area contributed by atoms with E-state index in [-0.39, 0.29) is 15.3 Å². The van der Waals surface area contributed by atoms with Crippen LogP contribution >= 0.6 is 33.2 Å². The molecule has 0 aliphatic heterocycles. The van der Waals surface area contributed by atoms with Crippen LogP contribution in [-0.2, 0) is 9.53 Å². The van der Waals surface area contributed by atoms with Gasteiger partial charge in [-0.25, -0.2) is 4.79 Å². The summed E-state index contributed by atoms with van der Waals surface area (Å²) in [6.07, 6.45) is 1.25. The van der Waals surface area contributed by atoms with Crippen molar-refractivity contribution in [3.8, 4) is 0 Å². The van der Waals surface area contributed by atoms with Crippen LogP contribution in [0.5, 0.6) is 0 Å². The van der Waals surface area contributed by atoms with E-state index in [9.17, 15) is 4.79 Å². The Kier molecular flexibility index (Phi) is 5.45. The number of carbonyl (C=O) groups is 1. The van der Waals surface area contributed by atoms with Gasteiger partial charge in [-0.2, -0.15) is 0 Å². The number of hydrogen-bond acceptors (Lipinski definition) is 2. The molecule has 0 heterocycles. The molecule has 0 aliphatic rings. The minimum atomic E-state index is -2.60. The van der Waals surface area contributed by atoms with Crippen LogP contribution in [0.1, 0.15) is 0 Å². The summed E-state index contributed by atoms with van der Waals surface area (Å²) in [6, 6.07) is 0. The lowest BCUT2D eigenvalue weighted by Gasteiger charge is -2.05. The van der Waals surface area contributed by atoms with E-state index < -0.39 is 11.5 Å². The summed E-state index contributed by atoms with van der Waals surface area (Å²) in [5.41, 5.74) is -2.60. The number of rotatable bonds is 4. The first-order chi connectivity index (χ1) is 4.95. The van der Waals surface area contributed by atoms with Crippen LogP contribution in [0.2, 0.25) is 0 Å². The molecule has 0 rings (SSSR count). The first-order valence-electron chi connectivity index (χ1n) is 2.56. The predicted octanol–water partition coefficient (Wildman–Crippen LogP) is 1.53. The van der Waals surface area contributed by atoms with Crippen molar-refractivity contribution in [1.82, 2.24) is 0 Å². The number of ether oxygens (including phenoxy) is 1. The van der Waals surface area contributed by atoms with Gasteiger partial charge in [-0.05, 0) is 0 Å². The summed E-state index contributed by atoms with van der Waals surface area (Å²) >= 11 is 16.6. The Morgan fingerprint density at radius 3 is 2.55 bits per heavy atom. The summed E-state index contributed by atoms with van der Waals surface area (Å²) < 4.78 is 4.60. The fourth-order valence-corrected chi connectivity index (χ4v) is 2.81. The van der Waals surface area contributed by atoms with Crippen LogP contribution in [0.3, 0.4) is 0 Å². The highest BCUT2D eigenvalue weighted by molar-refractivity contribution is 7.82. The van der Waals surface area contributed by atoms with Gasteiger partial charge in [-0.1, -0.05) is 6.58 Å². The third-order valence-corrected chi connectivity index (χ3v) is 6.59. The van der Waals surface area contributed by atoms with Crippen LogP contribution in [0.25, 0.3) is 0 Å². The van der Waals surface area contributed by atoms with Crippen LogP contribution in [0, 0.1) is 0 Å². The quantitative estimate of drug-likeness (QED) is 0.326. The highest BCUT2D eigenvalue weighted by atomic mass is 35.8. The van der Waals surface area contributed by atoms with Crippen LogP contribution < -0.4 is 0 Å². The lowest BCUT2D eigenvalue weighted by molar-refractivity contribution is -0.135. The van der Waals surface area contributed by atoms with Gasteiger partial charge >= 0.3 is 11.5 Å². The van der Waals surface area contributed by atoms with Crippen molar-refractivity contribution >= 4 is 53.8 Å². The summed E-state index contributed by atoms with van der Waals surface area (Å²) in [5.74, 6) is -0.485. The number of hydrogen-bond donors (Lipinski definition) is 0. The van der Waals surface area contributed by atoms with Gasteiger partial charge in [0.1, 0.15) is 9.04 Å². The molecule has 0 aromatic heterocycles.